The fraction of sp³-hybridized carbons (Fsp3) is 0.167. The number of aliphatic hydroxyl groups excluding tert-OH is 1. The Morgan fingerprint density at radius 2 is 1.72 bits per heavy atom. The molecule has 3 rings (SSSR count). The second-order valence-corrected chi connectivity index (χ2v) is 5.41. The molecule has 0 aliphatic rings. The first-order valence-electron chi connectivity index (χ1n) is 7.57. The fourth-order valence-electron chi connectivity index (χ4n) is 2.35. The number of fused-ring (bicyclic) bond motifs is 1. The van der Waals surface area contributed by atoms with Crippen molar-refractivity contribution in [3.63, 3.8) is 0 Å². The van der Waals surface area contributed by atoms with Crippen LogP contribution in [0.3, 0.4) is 0 Å². The molecule has 0 bridgehead atoms. The van der Waals surface area contributed by atoms with Crippen molar-refractivity contribution in [1.82, 2.24) is 4.98 Å². The number of anilines is 1. The lowest BCUT2D eigenvalue weighted by Crippen LogP contribution is -2.26. The molecule has 7 heteroatoms. The number of aliphatic hydroxyl groups is 1. The maximum Gasteiger partial charge on any atom is 0.149 e. The van der Waals surface area contributed by atoms with Gasteiger partial charge in [-0.2, -0.15) is 0 Å². The second-order valence-electron chi connectivity index (χ2n) is 5.41. The van der Waals surface area contributed by atoms with E-state index in [1.165, 1.54) is 36.5 Å². The first kappa shape index (κ1) is 17.0. The van der Waals surface area contributed by atoms with Crippen LogP contribution >= 0.6 is 0 Å². The summed E-state index contributed by atoms with van der Waals surface area (Å²) in [7, 11) is 0. The van der Waals surface area contributed by atoms with Crippen molar-refractivity contribution < 1.29 is 23.0 Å². The van der Waals surface area contributed by atoms with E-state index < -0.39 is 17.7 Å². The molecule has 2 N–H and O–H groups in total. The molecule has 2 aromatic carbocycles. The number of benzene rings is 2. The lowest BCUT2D eigenvalue weighted by atomic mass is 10.1. The van der Waals surface area contributed by atoms with Crippen molar-refractivity contribution in [2.24, 2.45) is 0 Å². The van der Waals surface area contributed by atoms with Gasteiger partial charge in [-0.05, 0) is 42.5 Å². The molecule has 1 heterocycles. The second kappa shape index (κ2) is 7.40. The van der Waals surface area contributed by atoms with Crippen LogP contribution in [0, 0.1) is 17.5 Å². The molecule has 130 valence electrons. The molecule has 1 unspecified atom stereocenters. The fourth-order valence-corrected chi connectivity index (χ4v) is 2.35. The Balaban J connectivity index is 1.64. The van der Waals surface area contributed by atoms with Gasteiger partial charge in [0.1, 0.15) is 41.4 Å². The van der Waals surface area contributed by atoms with Crippen LogP contribution in [0.25, 0.3) is 10.9 Å². The molecule has 25 heavy (non-hydrogen) atoms. The topological polar surface area (TPSA) is 54.4 Å². The molecule has 0 radical (unpaired) electrons. The summed E-state index contributed by atoms with van der Waals surface area (Å²) in [6.07, 6.45) is 0.444. The van der Waals surface area contributed by atoms with Gasteiger partial charge >= 0.3 is 0 Å². The van der Waals surface area contributed by atoms with Crippen LogP contribution in [0.2, 0.25) is 0 Å². The standard InChI is InChI=1S/C18H15F3N2O2/c19-11-1-3-13(4-2-11)25-10-12(24)9-23-16-7-8-22-18-15(21)6-5-14(20)17(16)18/h1-8,12,24H,9-10H2,(H,22,23). The third kappa shape index (κ3) is 4.00. The van der Waals surface area contributed by atoms with Gasteiger partial charge in [0.25, 0.3) is 0 Å². The zero-order valence-electron chi connectivity index (χ0n) is 13.0. The first-order valence-corrected chi connectivity index (χ1v) is 7.57. The first-order chi connectivity index (χ1) is 12.0. The third-order valence-corrected chi connectivity index (χ3v) is 3.58. The van der Waals surface area contributed by atoms with Crippen LogP contribution in [-0.4, -0.2) is 29.3 Å². The zero-order valence-corrected chi connectivity index (χ0v) is 13.0. The minimum atomic E-state index is -0.912. The maximum absolute atomic E-state index is 14.0. The molecule has 0 fully saturated rings. The summed E-state index contributed by atoms with van der Waals surface area (Å²) in [6, 6.07) is 8.94. The lowest BCUT2D eigenvalue weighted by Gasteiger charge is -2.15. The van der Waals surface area contributed by atoms with Gasteiger partial charge in [-0.3, -0.25) is 4.98 Å². The number of pyridine rings is 1. The van der Waals surface area contributed by atoms with Crippen LogP contribution in [0.5, 0.6) is 5.75 Å². The molecule has 0 saturated heterocycles. The van der Waals surface area contributed by atoms with E-state index in [1.54, 1.807) is 0 Å². The normalized spacial score (nSPS) is 12.2. The molecule has 0 saturated carbocycles. The van der Waals surface area contributed by atoms with E-state index in [1.807, 2.05) is 0 Å². The summed E-state index contributed by atoms with van der Waals surface area (Å²) in [5.41, 5.74) is 0.241. The van der Waals surface area contributed by atoms with Crippen molar-refractivity contribution in [3.05, 3.63) is 66.1 Å². The number of rotatable bonds is 6. The van der Waals surface area contributed by atoms with E-state index >= 15 is 0 Å². The Morgan fingerprint density at radius 1 is 1.00 bits per heavy atom. The summed E-state index contributed by atoms with van der Waals surface area (Å²) in [6.45, 7) is 0.00868. The Hall–Kier alpha value is -2.80. The smallest absolute Gasteiger partial charge is 0.149 e. The molecule has 0 aliphatic carbocycles. The number of nitrogens with one attached hydrogen (secondary N) is 1. The predicted octanol–water partition coefficient (Wildman–Crippen LogP) is 3.50. The quantitative estimate of drug-likeness (QED) is 0.716. The Morgan fingerprint density at radius 3 is 2.48 bits per heavy atom. The molecular formula is C18H15F3N2O2. The van der Waals surface area contributed by atoms with E-state index in [4.69, 9.17) is 4.74 Å². The van der Waals surface area contributed by atoms with E-state index in [-0.39, 0.29) is 29.9 Å². The summed E-state index contributed by atoms with van der Waals surface area (Å²) in [5.74, 6) is -1.19. The van der Waals surface area contributed by atoms with Crippen molar-refractivity contribution in [2.75, 3.05) is 18.5 Å². The van der Waals surface area contributed by atoms with Crippen LogP contribution in [-0.2, 0) is 0 Å². The van der Waals surface area contributed by atoms with Crippen LogP contribution in [0.1, 0.15) is 0 Å². The minimum Gasteiger partial charge on any atom is -0.491 e. The monoisotopic (exact) mass is 348 g/mol. The third-order valence-electron chi connectivity index (χ3n) is 3.58. The van der Waals surface area contributed by atoms with Crippen molar-refractivity contribution in [3.8, 4) is 5.75 Å². The lowest BCUT2D eigenvalue weighted by molar-refractivity contribution is 0.117. The molecule has 0 spiro atoms. The number of aromatic nitrogens is 1. The Labute approximate surface area is 141 Å². The van der Waals surface area contributed by atoms with Crippen molar-refractivity contribution >= 4 is 16.6 Å². The average molecular weight is 348 g/mol. The molecule has 1 aromatic heterocycles. The highest BCUT2D eigenvalue weighted by molar-refractivity contribution is 5.91. The highest BCUT2D eigenvalue weighted by atomic mass is 19.1. The van der Waals surface area contributed by atoms with Gasteiger partial charge < -0.3 is 15.2 Å². The highest BCUT2D eigenvalue weighted by Gasteiger charge is 2.13. The van der Waals surface area contributed by atoms with Gasteiger partial charge in [-0.25, -0.2) is 13.2 Å². The molecule has 3 aromatic rings. The van der Waals surface area contributed by atoms with Crippen molar-refractivity contribution in [1.29, 1.82) is 0 Å². The van der Waals surface area contributed by atoms with E-state index in [0.29, 0.717) is 11.4 Å². The number of hydrogen-bond acceptors (Lipinski definition) is 4. The SMILES string of the molecule is OC(CNc1ccnc2c(F)ccc(F)c12)COc1ccc(F)cc1. The average Bonchev–Trinajstić information content (AvgIpc) is 2.62. The molecule has 1 atom stereocenters. The maximum atomic E-state index is 14.0. The van der Waals surface area contributed by atoms with Gasteiger partial charge in [0, 0.05) is 18.4 Å². The summed E-state index contributed by atoms with van der Waals surface area (Å²) >= 11 is 0. The summed E-state index contributed by atoms with van der Waals surface area (Å²) in [5, 5.41) is 12.9. The van der Waals surface area contributed by atoms with E-state index in [0.717, 1.165) is 12.1 Å². The van der Waals surface area contributed by atoms with E-state index in [9.17, 15) is 18.3 Å². The number of nitrogens with zero attached hydrogens (tertiary/aromatic N) is 1. The predicted molar refractivity (Wildman–Crippen MR) is 88.1 cm³/mol. The molecular weight excluding hydrogens is 333 g/mol. The van der Waals surface area contributed by atoms with Gasteiger partial charge in [0.2, 0.25) is 0 Å². The summed E-state index contributed by atoms with van der Waals surface area (Å²) in [4.78, 5) is 3.84. The number of hydrogen-bond donors (Lipinski definition) is 2. The summed E-state index contributed by atoms with van der Waals surface area (Å²) < 4.78 is 45.9. The Bertz CT molecular complexity index is 872. The van der Waals surface area contributed by atoms with Gasteiger partial charge in [-0.1, -0.05) is 0 Å². The van der Waals surface area contributed by atoms with Gasteiger partial charge in [0.15, 0.2) is 0 Å². The van der Waals surface area contributed by atoms with Crippen LogP contribution < -0.4 is 10.1 Å². The molecule has 4 nitrogen and oxygen atoms in total. The van der Waals surface area contributed by atoms with Gasteiger partial charge in [0.05, 0.1) is 5.39 Å². The number of ether oxygens (including phenoxy) is 1. The van der Waals surface area contributed by atoms with Crippen LogP contribution in [0.15, 0.2) is 48.7 Å². The van der Waals surface area contributed by atoms with Crippen LogP contribution in [0.4, 0.5) is 18.9 Å². The largest absolute Gasteiger partial charge is 0.491 e. The Kier molecular flexibility index (Phi) is 5.04. The van der Waals surface area contributed by atoms with Gasteiger partial charge in [-0.15, -0.1) is 0 Å². The zero-order chi connectivity index (χ0) is 17.8. The van der Waals surface area contributed by atoms with Crippen molar-refractivity contribution in [2.45, 2.75) is 6.10 Å². The molecule has 0 amide bonds. The number of halogens is 3. The minimum absolute atomic E-state index is 0.0224. The highest BCUT2D eigenvalue weighted by Crippen LogP contribution is 2.26. The molecule has 0 aliphatic heterocycles. The van der Waals surface area contributed by atoms with E-state index in [2.05, 4.69) is 10.3 Å².